The summed E-state index contributed by atoms with van der Waals surface area (Å²) in [5.74, 6) is 2.36. The Morgan fingerprint density at radius 1 is 0.597 bits per heavy atom. The number of nitrogens with zero attached hydrogens (tertiary/aromatic N) is 1. The molecule has 0 saturated heterocycles. The number of ether oxygens (including phenoxy) is 5. The number of nitrogens with one attached hydrogen (secondary N) is 1. The fourth-order valence-corrected chi connectivity index (χ4v) is 7.89. The Morgan fingerprint density at radius 2 is 0.917 bits per heavy atom. The zero-order valence-electron chi connectivity index (χ0n) is 39.2. The molecule has 0 fully saturated rings. The van der Waals surface area contributed by atoms with Crippen molar-refractivity contribution < 1.29 is 54.9 Å². The highest BCUT2D eigenvalue weighted by molar-refractivity contribution is 7.88. The van der Waals surface area contributed by atoms with Gasteiger partial charge in [0.25, 0.3) is 0 Å². The van der Waals surface area contributed by atoms with Gasteiger partial charge in [0, 0.05) is 18.2 Å². The normalized spacial score (nSPS) is 10.8. The number of hydrogen-bond donors (Lipinski definition) is 1. The van der Waals surface area contributed by atoms with Gasteiger partial charge in [0.15, 0.2) is 23.1 Å². The Bertz CT molecular complexity index is 2740. The van der Waals surface area contributed by atoms with Crippen molar-refractivity contribution in [2.75, 3.05) is 51.0 Å². The molecule has 0 radical (unpaired) electrons. The topological polar surface area (TPSA) is 193 Å². The molecular weight excluding hydrogens is 1100 g/mol. The summed E-state index contributed by atoms with van der Waals surface area (Å²) in [6.07, 6.45) is 1.55. The van der Waals surface area contributed by atoms with E-state index in [0.29, 0.717) is 85.2 Å². The monoisotopic (exact) mass is 1150 g/mol. The Labute approximate surface area is 453 Å². The van der Waals surface area contributed by atoms with Gasteiger partial charge >= 0.3 is 16.6 Å². The fraction of sp³-hybridized carbons (Fsp3) is 0.340. The Balaban J connectivity index is 0.000000457. The summed E-state index contributed by atoms with van der Waals surface area (Å²) in [4.78, 5) is 36.0. The van der Waals surface area contributed by atoms with Gasteiger partial charge in [0.05, 0.1) is 39.6 Å². The maximum atomic E-state index is 12.3. The zero-order chi connectivity index (χ0) is 52.9. The maximum absolute atomic E-state index is 12.3. The van der Waals surface area contributed by atoms with Crippen LogP contribution in [-0.4, -0.2) is 95.4 Å². The van der Waals surface area contributed by atoms with Gasteiger partial charge in [0.2, 0.25) is 10.0 Å². The van der Waals surface area contributed by atoms with Gasteiger partial charge in [-0.05, 0) is 116 Å². The average Bonchev–Trinajstić information content (AvgIpc) is 3.30. The van der Waals surface area contributed by atoms with E-state index in [1.807, 2.05) is 67.6 Å². The molecule has 5 aromatic rings. The number of alkyl halides is 2. The van der Waals surface area contributed by atoms with E-state index in [1.165, 1.54) is 0 Å². The molecule has 0 aliphatic carbocycles. The molecule has 14 nitrogen and oxygen atoms in total. The van der Waals surface area contributed by atoms with Gasteiger partial charge in [0.1, 0.15) is 36.9 Å². The molecule has 1 N–H and O–H groups in total. The number of carbonyl (C=O) groups excluding carboxylic acids is 3. The van der Waals surface area contributed by atoms with E-state index < -0.39 is 51.2 Å². The summed E-state index contributed by atoms with van der Waals surface area (Å²) in [6, 6.07) is 29.7. The van der Waals surface area contributed by atoms with Crippen molar-refractivity contribution in [3.8, 4) is 56.4 Å². The van der Waals surface area contributed by atoms with E-state index >= 15 is 0 Å². The molecule has 0 aliphatic rings. The Kier molecular flexibility index (Phi) is 27.3. The molecule has 392 valence electrons. The number of rotatable bonds is 21. The first kappa shape index (κ1) is 63.3. The third-order valence-electron chi connectivity index (χ3n) is 9.15. The molecule has 1 amide bonds. The number of amides is 1. The molecule has 0 aliphatic heterocycles. The van der Waals surface area contributed by atoms with Gasteiger partial charge in [-0.1, -0.05) is 109 Å². The van der Waals surface area contributed by atoms with E-state index in [9.17, 15) is 22.8 Å². The van der Waals surface area contributed by atoms with Crippen molar-refractivity contribution >= 4 is 108 Å². The van der Waals surface area contributed by atoms with E-state index in [-0.39, 0.29) is 19.8 Å². The van der Waals surface area contributed by atoms with Gasteiger partial charge in [-0.2, -0.15) is 17.5 Å². The summed E-state index contributed by atoms with van der Waals surface area (Å²) >= 11 is 36.8. The molecule has 0 heterocycles. The first-order chi connectivity index (χ1) is 33.5. The maximum Gasteiger partial charge on any atom is 0.424 e. The average molecular weight is 1150 g/mol. The number of sulfonamides is 1. The van der Waals surface area contributed by atoms with Crippen molar-refractivity contribution in [3.63, 3.8) is 0 Å². The molecule has 0 unspecified atom stereocenters. The van der Waals surface area contributed by atoms with E-state index in [1.54, 1.807) is 57.2 Å². The lowest BCUT2D eigenvalue weighted by molar-refractivity contribution is -0.121. The van der Waals surface area contributed by atoms with Crippen molar-refractivity contribution in [2.45, 2.75) is 60.0 Å². The molecule has 5 aromatic carbocycles. The predicted octanol–water partition coefficient (Wildman–Crippen LogP) is 13.8. The molecule has 0 saturated carbocycles. The lowest BCUT2D eigenvalue weighted by Crippen LogP contribution is -2.43. The van der Waals surface area contributed by atoms with Crippen LogP contribution in [0.1, 0.15) is 54.4 Å². The van der Waals surface area contributed by atoms with Gasteiger partial charge in [-0.25, -0.2) is 13.2 Å². The number of halogens is 6. The molecule has 5 rings (SSSR count). The summed E-state index contributed by atoms with van der Waals surface area (Å²) in [7, 11) is -6.63. The molecule has 22 heteroatoms. The van der Waals surface area contributed by atoms with Crippen LogP contribution in [0.15, 0.2) is 97.1 Å². The van der Waals surface area contributed by atoms with Crippen LogP contribution in [0.5, 0.6) is 23.0 Å². The second-order valence-electron chi connectivity index (χ2n) is 15.9. The Hall–Kier alpha value is -4.78. The highest BCUT2D eigenvalue weighted by Gasteiger charge is 2.30. The quantitative estimate of drug-likeness (QED) is 0.0541. The zero-order valence-corrected chi connectivity index (χ0v) is 45.4. The molecule has 0 bridgehead atoms. The van der Waals surface area contributed by atoms with Crippen molar-refractivity contribution in [3.05, 3.63) is 117 Å². The van der Waals surface area contributed by atoms with Crippen LogP contribution in [0.4, 0.5) is 4.79 Å². The van der Waals surface area contributed by atoms with Crippen LogP contribution in [0.3, 0.4) is 0 Å². The summed E-state index contributed by atoms with van der Waals surface area (Å²) < 4.78 is 74.4. The SMILES string of the molecule is C.CC(C)(C)OC(=O)N(CC(=O)COc1ccc(-c2cc(Cl)c(OCCCCl)c(Cl)c2)cc1)S(C)(=O)=O.CCC(=O)COc1ccc(-c2ccc(-c3cc(Cl)c(OCCCCl)c(Cl)c3)cc2)cc1.N=S(=O)=O. The van der Waals surface area contributed by atoms with Crippen LogP contribution in [-0.2, 0) is 34.8 Å². The number of carbonyl (C=O) groups is 3. The second kappa shape index (κ2) is 31.1. The van der Waals surface area contributed by atoms with Crippen LogP contribution >= 0.6 is 69.6 Å². The van der Waals surface area contributed by atoms with Crippen molar-refractivity contribution in [1.29, 1.82) is 4.78 Å². The van der Waals surface area contributed by atoms with Crippen molar-refractivity contribution in [1.82, 2.24) is 4.31 Å². The number of Topliss-reactive ketones (excluding diaryl/α,β-unsaturated/α-hetero) is 2. The standard InChI is InChI=1S/C25H23Cl3O3.C24H28Cl3NO7S.CH4.HNO2S/c1-2-21(29)16-31-22-10-8-18(9-11-22)17-4-6-19(7-5-17)20-14-23(27)25(24(28)15-20)30-13-3-12-26;1-24(2,3)35-23(30)28(36(4,31)32)14-18(29)15-34-19-8-6-16(7-9-19)17-12-20(26)22(21(27)13-17)33-11-5-10-25;;1-4(2)3/h4-11,14-15H,2-3,12-13,16H2,1H3;6-9,12-13H,5,10-11,14-15H2,1-4H3;1H4;1H. The van der Waals surface area contributed by atoms with E-state index in [0.717, 1.165) is 46.1 Å². The van der Waals surface area contributed by atoms with Gasteiger partial charge in [-0.3, -0.25) is 9.59 Å². The smallest absolute Gasteiger partial charge is 0.424 e. The predicted molar refractivity (Wildman–Crippen MR) is 288 cm³/mol. The lowest BCUT2D eigenvalue weighted by atomic mass is 10.00. The second-order valence-corrected chi connectivity index (χ2v) is 20.7. The lowest BCUT2D eigenvalue weighted by Gasteiger charge is -2.25. The van der Waals surface area contributed by atoms with Crippen LogP contribution < -0.4 is 18.9 Å². The van der Waals surface area contributed by atoms with E-state index in [2.05, 4.69) is 0 Å². The number of ketones is 2. The minimum atomic E-state index is -4.02. The number of hydrogen-bond acceptors (Lipinski definition) is 13. The van der Waals surface area contributed by atoms with Gasteiger partial charge in [-0.15, -0.1) is 23.2 Å². The van der Waals surface area contributed by atoms with E-state index in [4.69, 9.17) is 106 Å². The molecule has 72 heavy (non-hydrogen) atoms. The van der Waals surface area contributed by atoms with Crippen LogP contribution in [0.25, 0.3) is 33.4 Å². The number of benzene rings is 5. The highest BCUT2D eigenvalue weighted by atomic mass is 35.5. The largest absolute Gasteiger partial charge is 0.490 e. The third kappa shape index (κ3) is 22.1. The summed E-state index contributed by atoms with van der Waals surface area (Å²) in [5, 5.41) is 1.66. The summed E-state index contributed by atoms with van der Waals surface area (Å²) in [6.45, 7) is 6.41. The van der Waals surface area contributed by atoms with Crippen molar-refractivity contribution in [2.24, 2.45) is 0 Å². The minimum Gasteiger partial charge on any atom is -0.490 e. The van der Waals surface area contributed by atoms with Crippen LogP contribution in [0, 0.1) is 4.78 Å². The minimum absolute atomic E-state index is 0. The summed E-state index contributed by atoms with van der Waals surface area (Å²) in [5.41, 5.74) is 4.65. The highest BCUT2D eigenvalue weighted by Crippen LogP contribution is 2.39. The Morgan fingerprint density at radius 3 is 1.22 bits per heavy atom. The molecule has 0 spiro atoms. The fourth-order valence-electron chi connectivity index (χ4n) is 5.79. The van der Waals surface area contributed by atoms with Gasteiger partial charge < -0.3 is 23.7 Å². The first-order valence-corrected chi connectivity index (χ1v) is 26.9. The molecular formula is C50H56Cl6N2O12S2. The first-order valence-electron chi connectivity index (χ1n) is 21.4. The third-order valence-corrected chi connectivity index (χ3v) is 11.9. The van der Waals surface area contributed by atoms with Crippen LogP contribution in [0.2, 0.25) is 20.1 Å². The molecule has 0 aromatic heterocycles. The molecule has 0 atom stereocenters.